The van der Waals surface area contributed by atoms with Crippen LogP contribution < -0.4 is 0 Å². The second-order valence-corrected chi connectivity index (χ2v) is 6.46. The van der Waals surface area contributed by atoms with Crippen molar-refractivity contribution in [3.05, 3.63) is 46.3 Å². The molecule has 0 atom stereocenters. The second-order valence-electron chi connectivity index (χ2n) is 5.39. The van der Waals surface area contributed by atoms with Gasteiger partial charge in [0.05, 0.1) is 17.6 Å². The summed E-state index contributed by atoms with van der Waals surface area (Å²) >= 11 is 1.69. The number of hydrogen-bond donors (Lipinski definition) is 1. The quantitative estimate of drug-likeness (QED) is 0.443. The molecule has 0 spiro atoms. The monoisotopic (exact) mass is 315 g/mol. The van der Waals surface area contributed by atoms with Gasteiger partial charge in [-0.2, -0.15) is 0 Å². The van der Waals surface area contributed by atoms with Crippen molar-refractivity contribution in [2.24, 2.45) is 5.16 Å². The summed E-state index contributed by atoms with van der Waals surface area (Å²) < 4.78 is 15.2. The number of thiazole rings is 1. The van der Waals surface area contributed by atoms with Crippen molar-refractivity contribution in [1.29, 1.82) is 0 Å². The van der Waals surface area contributed by atoms with Gasteiger partial charge in [0.2, 0.25) is 0 Å². The van der Waals surface area contributed by atoms with Gasteiger partial charge >= 0.3 is 0 Å². The first-order valence-corrected chi connectivity index (χ1v) is 8.06. The van der Waals surface area contributed by atoms with Crippen molar-refractivity contribution in [2.45, 2.75) is 25.7 Å². The van der Waals surface area contributed by atoms with Gasteiger partial charge in [-0.15, -0.1) is 11.3 Å². The van der Waals surface area contributed by atoms with Crippen molar-refractivity contribution < 1.29 is 9.60 Å². The third-order valence-electron chi connectivity index (χ3n) is 4.05. The average molecular weight is 315 g/mol. The topological polar surface area (TPSA) is 49.9 Å². The lowest BCUT2D eigenvalue weighted by Crippen LogP contribution is -2.05. The Morgan fingerprint density at radius 3 is 2.77 bits per heavy atom. The van der Waals surface area contributed by atoms with Gasteiger partial charge in [-0.05, 0) is 49.9 Å². The molecular formula is C16H14FN3OS. The maximum Gasteiger partial charge on any atom is 0.195 e. The summed E-state index contributed by atoms with van der Waals surface area (Å²) in [5.41, 5.74) is 3.56. The van der Waals surface area contributed by atoms with Crippen molar-refractivity contribution in [3.63, 3.8) is 0 Å². The first kappa shape index (κ1) is 13.5. The Hall–Kier alpha value is -2.21. The lowest BCUT2D eigenvalue weighted by Gasteiger charge is -2.11. The zero-order chi connectivity index (χ0) is 15.1. The lowest BCUT2D eigenvalue weighted by molar-refractivity contribution is 0.321. The van der Waals surface area contributed by atoms with Crippen LogP contribution in [0.3, 0.4) is 0 Å². The minimum atomic E-state index is -0.278. The van der Waals surface area contributed by atoms with Crippen molar-refractivity contribution >= 4 is 22.5 Å². The molecule has 0 fully saturated rings. The summed E-state index contributed by atoms with van der Waals surface area (Å²) in [6.45, 7) is 0. The maximum atomic E-state index is 13.1. The van der Waals surface area contributed by atoms with E-state index < -0.39 is 0 Å². The van der Waals surface area contributed by atoms with Gasteiger partial charge in [-0.1, -0.05) is 5.16 Å². The SMILES string of the molecule is O/N=C\c1c(-c2ccc(F)cc2)nc2sc3c(n12)CCCC3. The smallest absolute Gasteiger partial charge is 0.195 e. The Bertz CT molecular complexity index is 864. The zero-order valence-corrected chi connectivity index (χ0v) is 12.6. The third kappa shape index (κ3) is 2.02. The first-order chi connectivity index (χ1) is 10.8. The molecule has 0 unspecified atom stereocenters. The largest absolute Gasteiger partial charge is 0.411 e. The van der Waals surface area contributed by atoms with E-state index in [9.17, 15) is 4.39 Å². The molecule has 2 heterocycles. The molecule has 0 radical (unpaired) electrons. The van der Waals surface area contributed by atoms with Crippen LogP contribution in [-0.2, 0) is 12.8 Å². The van der Waals surface area contributed by atoms with E-state index in [0.717, 1.165) is 34.8 Å². The molecule has 4 rings (SSSR count). The fourth-order valence-corrected chi connectivity index (χ4v) is 4.27. The zero-order valence-electron chi connectivity index (χ0n) is 11.8. The molecule has 1 N–H and O–H groups in total. The highest BCUT2D eigenvalue weighted by molar-refractivity contribution is 7.17. The lowest BCUT2D eigenvalue weighted by atomic mass is 10.0. The normalized spacial score (nSPS) is 14.8. The van der Waals surface area contributed by atoms with Crippen LogP contribution in [0.2, 0.25) is 0 Å². The Balaban J connectivity index is 1.97. The van der Waals surface area contributed by atoms with Gasteiger partial charge < -0.3 is 5.21 Å². The third-order valence-corrected chi connectivity index (χ3v) is 5.20. The number of hydrogen-bond acceptors (Lipinski definition) is 4. The number of oxime groups is 1. The highest BCUT2D eigenvalue weighted by Crippen LogP contribution is 2.34. The van der Waals surface area contributed by atoms with Crippen molar-refractivity contribution in [2.75, 3.05) is 0 Å². The summed E-state index contributed by atoms with van der Waals surface area (Å²) in [5, 5.41) is 12.2. The predicted molar refractivity (Wildman–Crippen MR) is 84.5 cm³/mol. The molecular weight excluding hydrogens is 301 g/mol. The molecule has 2 aromatic heterocycles. The Morgan fingerprint density at radius 1 is 1.23 bits per heavy atom. The van der Waals surface area contributed by atoms with Crippen LogP contribution in [0.5, 0.6) is 0 Å². The van der Waals surface area contributed by atoms with E-state index >= 15 is 0 Å². The van der Waals surface area contributed by atoms with E-state index in [4.69, 9.17) is 10.2 Å². The van der Waals surface area contributed by atoms with Crippen LogP contribution in [0, 0.1) is 5.82 Å². The Kier molecular flexibility index (Phi) is 3.18. The Morgan fingerprint density at radius 2 is 2.00 bits per heavy atom. The standard InChI is InChI=1S/C16H14FN3OS/c17-11-7-5-10(6-8-11)15-13(9-18-21)20-12-3-1-2-4-14(12)22-16(20)19-15/h5-9,21H,1-4H2/b18-9-. The molecule has 1 aromatic carbocycles. The fraction of sp³-hybridized carbons (Fsp3) is 0.250. The molecule has 0 amide bonds. The van der Waals surface area contributed by atoms with E-state index in [1.165, 1.54) is 41.8 Å². The van der Waals surface area contributed by atoms with E-state index in [-0.39, 0.29) is 5.82 Å². The molecule has 0 saturated carbocycles. The van der Waals surface area contributed by atoms with Crippen LogP contribution in [0.15, 0.2) is 29.4 Å². The van der Waals surface area contributed by atoms with E-state index in [0.29, 0.717) is 0 Å². The van der Waals surface area contributed by atoms with Crippen LogP contribution in [-0.4, -0.2) is 20.8 Å². The number of aryl methyl sites for hydroxylation is 2. The molecule has 22 heavy (non-hydrogen) atoms. The summed E-state index contributed by atoms with van der Waals surface area (Å²) in [4.78, 5) is 6.96. The Labute approximate surface area is 130 Å². The highest BCUT2D eigenvalue weighted by atomic mass is 32.1. The van der Waals surface area contributed by atoms with Gasteiger partial charge in [0.25, 0.3) is 0 Å². The summed E-state index contributed by atoms with van der Waals surface area (Å²) in [5.74, 6) is -0.278. The van der Waals surface area contributed by atoms with Crippen molar-refractivity contribution in [1.82, 2.24) is 9.38 Å². The molecule has 3 aromatic rings. The van der Waals surface area contributed by atoms with Gasteiger partial charge in [0.1, 0.15) is 5.82 Å². The molecule has 4 nitrogen and oxygen atoms in total. The molecule has 0 bridgehead atoms. The van der Waals surface area contributed by atoms with Gasteiger partial charge in [0, 0.05) is 16.1 Å². The van der Waals surface area contributed by atoms with E-state index in [1.807, 2.05) is 0 Å². The number of imidazole rings is 1. The highest BCUT2D eigenvalue weighted by Gasteiger charge is 2.22. The number of halogens is 1. The molecule has 1 aliphatic carbocycles. The van der Waals surface area contributed by atoms with Crippen LogP contribution in [0.4, 0.5) is 4.39 Å². The first-order valence-electron chi connectivity index (χ1n) is 7.24. The molecule has 6 heteroatoms. The summed E-state index contributed by atoms with van der Waals surface area (Å²) in [7, 11) is 0. The number of benzene rings is 1. The summed E-state index contributed by atoms with van der Waals surface area (Å²) in [6, 6.07) is 6.22. The second kappa shape index (κ2) is 5.21. The number of fused-ring (bicyclic) bond motifs is 3. The summed E-state index contributed by atoms with van der Waals surface area (Å²) in [6.07, 6.45) is 5.90. The number of nitrogens with zero attached hydrogens (tertiary/aromatic N) is 3. The average Bonchev–Trinajstić information content (AvgIpc) is 3.05. The van der Waals surface area contributed by atoms with E-state index in [2.05, 4.69) is 9.56 Å². The van der Waals surface area contributed by atoms with Crippen molar-refractivity contribution in [3.8, 4) is 11.3 Å². The molecule has 0 aliphatic heterocycles. The van der Waals surface area contributed by atoms with Gasteiger partial charge in [-0.25, -0.2) is 9.37 Å². The molecule has 112 valence electrons. The minimum absolute atomic E-state index is 0.278. The number of aromatic nitrogens is 2. The predicted octanol–water partition coefficient (Wildman–Crippen LogP) is 3.89. The fourth-order valence-electron chi connectivity index (χ4n) is 3.05. The maximum absolute atomic E-state index is 13.1. The van der Waals surface area contributed by atoms with E-state index in [1.54, 1.807) is 23.5 Å². The van der Waals surface area contributed by atoms with Gasteiger partial charge in [0.15, 0.2) is 4.96 Å². The van der Waals surface area contributed by atoms with Crippen LogP contribution in [0.25, 0.3) is 16.2 Å². The minimum Gasteiger partial charge on any atom is -0.411 e. The van der Waals surface area contributed by atoms with Crippen LogP contribution >= 0.6 is 11.3 Å². The van der Waals surface area contributed by atoms with Crippen LogP contribution in [0.1, 0.15) is 29.1 Å². The number of rotatable bonds is 2. The molecule has 1 aliphatic rings. The van der Waals surface area contributed by atoms with Gasteiger partial charge in [-0.3, -0.25) is 4.40 Å². The molecule has 0 saturated heterocycles.